The van der Waals surface area contributed by atoms with Crippen LogP contribution in [0, 0.1) is 28.5 Å². The van der Waals surface area contributed by atoms with Crippen molar-refractivity contribution in [3.05, 3.63) is 46.9 Å². The van der Waals surface area contributed by atoms with Crippen LogP contribution in [0.25, 0.3) is 11.3 Å². The molecule has 3 heterocycles. The van der Waals surface area contributed by atoms with Gasteiger partial charge in [-0.15, -0.1) is 0 Å². The second-order valence-electron chi connectivity index (χ2n) is 10.1. The summed E-state index contributed by atoms with van der Waals surface area (Å²) in [5.41, 5.74) is 1.53. The maximum atomic E-state index is 15.1. The summed E-state index contributed by atoms with van der Waals surface area (Å²) in [5.74, 6) is -0.759. The fourth-order valence-corrected chi connectivity index (χ4v) is 4.23. The molecule has 0 spiro atoms. The van der Waals surface area contributed by atoms with Crippen LogP contribution in [0.5, 0.6) is 5.75 Å². The van der Waals surface area contributed by atoms with Crippen LogP contribution in [0.2, 0.25) is 0 Å². The summed E-state index contributed by atoms with van der Waals surface area (Å²) in [5, 5.41) is 21.4. The molecule has 1 fully saturated rings. The minimum absolute atomic E-state index is 0.0279. The minimum atomic E-state index is -1.05. The maximum Gasteiger partial charge on any atom is 0.410 e. The lowest BCUT2D eigenvalue weighted by atomic mass is 9.97. The summed E-state index contributed by atoms with van der Waals surface area (Å²) < 4.78 is 31.9. The van der Waals surface area contributed by atoms with Crippen LogP contribution in [-0.2, 0) is 27.3 Å². The first-order chi connectivity index (χ1) is 18.1. The zero-order chi connectivity index (χ0) is 27.4. The minimum Gasteiger partial charge on any atom is -0.488 e. The fraction of sp³-hybridized carbons (Fsp3) is 0.444. The Bertz CT molecular complexity index is 1330. The molecule has 2 aromatic rings. The van der Waals surface area contributed by atoms with E-state index in [1.807, 2.05) is 12.1 Å². The van der Waals surface area contributed by atoms with Crippen molar-refractivity contribution in [1.29, 1.82) is 10.5 Å². The Hall–Kier alpha value is -4.22. The monoisotopic (exact) mass is 521 g/mol. The highest BCUT2D eigenvalue weighted by atomic mass is 19.1. The van der Waals surface area contributed by atoms with E-state index >= 15 is 4.39 Å². The molecule has 2 aliphatic heterocycles. The number of hydrogen-bond acceptors (Lipinski definition) is 8. The van der Waals surface area contributed by atoms with E-state index in [2.05, 4.69) is 10.3 Å². The number of nitriles is 2. The van der Waals surface area contributed by atoms with E-state index in [9.17, 15) is 14.9 Å². The third-order valence-electron chi connectivity index (χ3n) is 6.00. The Kier molecular flexibility index (Phi) is 7.79. The van der Waals surface area contributed by atoms with E-state index in [4.69, 9.17) is 19.5 Å². The van der Waals surface area contributed by atoms with Gasteiger partial charge < -0.3 is 24.4 Å². The molecule has 2 atom stereocenters. The molecule has 2 aliphatic rings. The van der Waals surface area contributed by atoms with Gasteiger partial charge in [-0.2, -0.15) is 10.5 Å². The summed E-state index contributed by atoms with van der Waals surface area (Å²) >= 11 is 0. The SMILES string of the molecule is CC(C)(C)OC(=O)N1CCCO[C@H](C(=O)NC(C#N)Cc2cc3c(cc2F)-c2ncc(C#N)cc2CO3)C1. The van der Waals surface area contributed by atoms with Crippen LogP contribution in [0.1, 0.15) is 43.9 Å². The highest BCUT2D eigenvalue weighted by Crippen LogP contribution is 2.38. The number of rotatable bonds is 4. The molecule has 2 amide bonds. The van der Waals surface area contributed by atoms with E-state index < -0.39 is 35.6 Å². The predicted octanol–water partition coefficient (Wildman–Crippen LogP) is 3.23. The normalized spacial score (nSPS) is 17.4. The molecule has 1 saturated heterocycles. The van der Waals surface area contributed by atoms with Gasteiger partial charge in [0.25, 0.3) is 5.91 Å². The number of carbonyl (C=O) groups is 2. The van der Waals surface area contributed by atoms with Crippen molar-refractivity contribution in [3.63, 3.8) is 0 Å². The number of carbonyl (C=O) groups excluding carboxylic acids is 2. The van der Waals surface area contributed by atoms with Crippen LogP contribution in [0.4, 0.5) is 9.18 Å². The third kappa shape index (κ3) is 6.18. The van der Waals surface area contributed by atoms with Crippen molar-refractivity contribution in [2.75, 3.05) is 19.7 Å². The zero-order valence-electron chi connectivity index (χ0n) is 21.4. The van der Waals surface area contributed by atoms with Crippen molar-refractivity contribution in [2.45, 2.75) is 58.0 Å². The van der Waals surface area contributed by atoms with E-state index in [1.165, 1.54) is 23.2 Å². The van der Waals surface area contributed by atoms with Crippen LogP contribution in [0.15, 0.2) is 24.4 Å². The average Bonchev–Trinajstić information content (AvgIpc) is 3.14. The molecule has 38 heavy (non-hydrogen) atoms. The van der Waals surface area contributed by atoms with Crippen LogP contribution < -0.4 is 10.1 Å². The molecule has 1 N–H and O–H groups in total. The van der Waals surface area contributed by atoms with Gasteiger partial charge in [0.15, 0.2) is 6.10 Å². The Morgan fingerprint density at radius 3 is 2.82 bits per heavy atom. The average molecular weight is 522 g/mol. The van der Waals surface area contributed by atoms with Crippen molar-refractivity contribution in [2.24, 2.45) is 0 Å². The predicted molar refractivity (Wildman–Crippen MR) is 132 cm³/mol. The summed E-state index contributed by atoms with van der Waals surface area (Å²) in [6, 6.07) is 7.39. The van der Waals surface area contributed by atoms with Crippen molar-refractivity contribution in [3.8, 4) is 29.1 Å². The van der Waals surface area contributed by atoms with E-state index in [0.29, 0.717) is 41.1 Å². The number of amides is 2. The summed E-state index contributed by atoms with van der Waals surface area (Å²) in [6.07, 6.45) is 0.287. The molecule has 10 nitrogen and oxygen atoms in total. The van der Waals surface area contributed by atoms with Crippen LogP contribution >= 0.6 is 0 Å². The highest BCUT2D eigenvalue weighted by molar-refractivity contribution is 5.82. The molecule has 11 heteroatoms. The largest absolute Gasteiger partial charge is 0.488 e. The number of pyridine rings is 1. The lowest BCUT2D eigenvalue weighted by Gasteiger charge is -2.28. The van der Waals surface area contributed by atoms with Crippen molar-refractivity contribution in [1.82, 2.24) is 15.2 Å². The molecule has 1 unspecified atom stereocenters. The van der Waals surface area contributed by atoms with Gasteiger partial charge in [0, 0.05) is 36.9 Å². The van der Waals surface area contributed by atoms with Crippen molar-refractivity contribution >= 4 is 12.0 Å². The quantitative estimate of drug-likeness (QED) is 0.647. The molecule has 4 rings (SSSR count). The smallest absolute Gasteiger partial charge is 0.410 e. The number of hydrogen-bond donors (Lipinski definition) is 1. The van der Waals surface area contributed by atoms with Gasteiger partial charge in [0.2, 0.25) is 0 Å². The van der Waals surface area contributed by atoms with Gasteiger partial charge >= 0.3 is 6.09 Å². The molecule has 0 bridgehead atoms. The van der Waals surface area contributed by atoms with Gasteiger partial charge in [-0.1, -0.05) is 0 Å². The van der Waals surface area contributed by atoms with Gasteiger partial charge in [-0.05, 0) is 51.0 Å². The number of nitrogens with one attached hydrogen (secondary N) is 1. The first-order valence-electron chi connectivity index (χ1n) is 12.2. The van der Waals surface area contributed by atoms with Gasteiger partial charge in [-0.25, -0.2) is 9.18 Å². The van der Waals surface area contributed by atoms with Gasteiger partial charge in [0.1, 0.15) is 35.9 Å². The van der Waals surface area contributed by atoms with Crippen LogP contribution in [0.3, 0.4) is 0 Å². The summed E-state index contributed by atoms with van der Waals surface area (Å²) in [7, 11) is 0. The third-order valence-corrected chi connectivity index (χ3v) is 6.00. The van der Waals surface area contributed by atoms with E-state index in [1.54, 1.807) is 26.8 Å². The molecular weight excluding hydrogens is 493 g/mol. The Labute approximate surface area is 219 Å². The fourth-order valence-electron chi connectivity index (χ4n) is 4.23. The molecule has 0 radical (unpaired) electrons. The second kappa shape index (κ2) is 11.0. The number of ether oxygens (including phenoxy) is 3. The molecule has 198 valence electrons. The molecule has 0 saturated carbocycles. The Balaban J connectivity index is 1.45. The van der Waals surface area contributed by atoms with E-state index in [-0.39, 0.29) is 31.7 Å². The summed E-state index contributed by atoms with van der Waals surface area (Å²) in [6.45, 7) is 6.04. The second-order valence-corrected chi connectivity index (χ2v) is 10.1. The number of fused-ring (bicyclic) bond motifs is 3. The highest BCUT2D eigenvalue weighted by Gasteiger charge is 2.32. The number of aromatic nitrogens is 1. The number of halogens is 1. The molecule has 1 aromatic heterocycles. The topological polar surface area (TPSA) is 138 Å². The molecule has 1 aromatic carbocycles. The maximum absolute atomic E-state index is 15.1. The van der Waals surface area contributed by atoms with Crippen molar-refractivity contribution < 1.29 is 28.2 Å². The van der Waals surface area contributed by atoms with Crippen LogP contribution in [-0.4, -0.2) is 59.3 Å². The van der Waals surface area contributed by atoms with Gasteiger partial charge in [0.05, 0.1) is 23.9 Å². The van der Waals surface area contributed by atoms with Gasteiger partial charge in [-0.3, -0.25) is 9.78 Å². The Morgan fingerprint density at radius 1 is 1.32 bits per heavy atom. The lowest BCUT2D eigenvalue weighted by molar-refractivity contribution is -0.133. The zero-order valence-corrected chi connectivity index (χ0v) is 21.4. The molecular formula is C27H28FN5O5. The first-order valence-corrected chi connectivity index (χ1v) is 12.2. The standard InChI is InChI=1S/C27H28FN5O5/c1-27(2,3)38-26(35)33-5-4-6-36-23(14-33)25(34)32-19(12-30)8-17-9-22-20(10-21(17)28)24-18(15-37-22)7-16(11-29)13-31-24/h7,9-10,13,19,23H,4-6,8,14-15H2,1-3H3,(H,32,34)/t19?,23-/m0/s1. The number of nitrogens with zero attached hydrogens (tertiary/aromatic N) is 4. The van der Waals surface area contributed by atoms with E-state index in [0.717, 1.165) is 0 Å². The first kappa shape index (κ1) is 26.8. The lowest BCUT2D eigenvalue weighted by Crippen LogP contribution is -2.48. The Morgan fingerprint density at radius 2 is 2.11 bits per heavy atom. The summed E-state index contributed by atoms with van der Waals surface area (Å²) in [4.78, 5) is 31.2. The number of benzene rings is 1. The molecule has 0 aliphatic carbocycles.